The predicted octanol–water partition coefficient (Wildman–Crippen LogP) is 3.33. The number of fused-ring (bicyclic) bond motifs is 1. The Labute approximate surface area is 224 Å². The van der Waals surface area contributed by atoms with Crippen molar-refractivity contribution in [3.05, 3.63) is 76.2 Å². The van der Waals surface area contributed by atoms with E-state index in [0.717, 1.165) is 18.4 Å². The molecule has 1 unspecified atom stereocenters. The largest absolute Gasteiger partial charge is 0.394 e. The molecule has 11 heteroatoms. The lowest BCUT2D eigenvalue weighted by atomic mass is 10.0. The molecule has 38 heavy (non-hydrogen) atoms. The van der Waals surface area contributed by atoms with Crippen LogP contribution in [0.2, 0.25) is 5.02 Å². The summed E-state index contributed by atoms with van der Waals surface area (Å²) in [4.78, 5) is 36.2. The molecule has 2 aromatic carbocycles. The number of hydrogen-bond acceptors (Lipinski definition) is 7. The summed E-state index contributed by atoms with van der Waals surface area (Å²) >= 11 is 6.42. The van der Waals surface area contributed by atoms with Crippen LogP contribution in [0.4, 0.5) is 10.3 Å². The molecular formula is C27H27ClFN5O4. The first-order chi connectivity index (χ1) is 18.4. The van der Waals surface area contributed by atoms with E-state index >= 15 is 0 Å². The van der Waals surface area contributed by atoms with E-state index in [2.05, 4.69) is 20.6 Å². The summed E-state index contributed by atoms with van der Waals surface area (Å²) in [5, 5.41) is 16.0. The van der Waals surface area contributed by atoms with E-state index in [0.29, 0.717) is 46.6 Å². The van der Waals surface area contributed by atoms with Gasteiger partial charge in [0.15, 0.2) is 0 Å². The number of hydrogen-bond donors (Lipinski definition) is 3. The minimum absolute atomic E-state index is 0.206. The highest BCUT2D eigenvalue weighted by atomic mass is 35.5. The number of amides is 2. The van der Waals surface area contributed by atoms with Crippen LogP contribution in [-0.2, 0) is 16.1 Å². The molecule has 5 rings (SSSR count). The summed E-state index contributed by atoms with van der Waals surface area (Å²) in [5.74, 6) is -0.768. The van der Waals surface area contributed by atoms with E-state index in [1.807, 2.05) is 12.1 Å². The highest BCUT2D eigenvalue weighted by Crippen LogP contribution is 2.31. The first-order valence-corrected chi connectivity index (χ1v) is 12.7. The fourth-order valence-electron chi connectivity index (χ4n) is 4.67. The van der Waals surface area contributed by atoms with Gasteiger partial charge in [-0.3, -0.25) is 9.59 Å². The van der Waals surface area contributed by atoms with E-state index in [4.69, 9.17) is 16.3 Å². The normalized spacial score (nSPS) is 16.3. The van der Waals surface area contributed by atoms with Gasteiger partial charge in [0.2, 0.25) is 11.9 Å². The zero-order valence-electron chi connectivity index (χ0n) is 20.5. The third-order valence-electron chi connectivity index (χ3n) is 6.66. The molecule has 3 aromatic rings. The van der Waals surface area contributed by atoms with Gasteiger partial charge in [0, 0.05) is 36.9 Å². The summed E-state index contributed by atoms with van der Waals surface area (Å²) in [6, 6.07) is 10.5. The quantitative estimate of drug-likeness (QED) is 0.402. The number of halogens is 2. The molecule has 2 aliphatic heterocycles. The van der Waals surface area contributed by atoms with Crippen LogP contribution in [0.5, 0.6) is 0 Å². The van der Waals surface area contributed by atoms with Crippen LogP contribution in [0.3, 0.4) is 0 Å². The minimum atomic E-state index is -0.784. The first kappa shape index (κ1) is 26.0. The van der Waals surface area contributed by atoms with E-state index in [1.54, 1.807) is 12.1 Å². The van der Waals surface area contributed by atoms with Crippen LogP contribution in [0.15, 0.2) is 48.7 Å². The number of rotatable bonds is 8. The van der Waals surface area contributed by atoms with E-state index in [9.17, 15) is 19.1 Å². The van der Waals surface area contributed by atoms with Crippen molar-refractivity contribution in [1.82, 2.24) is 20.2 Å². The molecule has 2 amide bonds. The van der Waals surface area contributed by atoms with Crippen LogP contribution < -0.4 is 10.6 Å². The van der Waals surface area contributed by atoms with Crippen LogP contribution in [0, 0.1) is 5.82 Å². The predicted molar refractivity (Wildman–Crippen MR) is 139 cm³/mol. The smallest absolute Gasteiger partial charge is 0.254 e. The van der Waals surface area contributed by atoms with Crippen molar-refractivity contribution in [2.45, 2.75) is 31.5 Å². The second kappa shape index (κ2) is 11.4. The average Bonchev–Trinajstić information content (AvgIpc) is 3.23. The SMILES string of the molecule is O=C(CN1Cc2ccc(-c3nc(NC4CCOCC4)ncc3Cl)cc2C1=O)NC(CO)c1cccc(F)c1. The number of aliphatic hydroxyl groups excluding tert-OH is 1. The van der Waals surface area contributed by atoms with E-state index in [1.165, 1.54) is 29.3 Å². The van der Waals surface area contributed by atoms with Gasteiger partial charge in [-0.15, -0.1) is 0 Å². The van der Waals surface area contributed by atoms with Crippen molar-refractivity contribution in [2.24, 2.45) is 0 Å². The van der Waals surface area contributed by atoms with Gasteiger partial charge < -0.3 is 25.4 Å². The molecule has 1 aromatic heterocycles. The maximum atomic E-state index is 13.6. The Morgan fingerprint density at radius 2 is 2.05 bits per heavy atom. The lowest BCUT2D eigenvalue weighted by Gasteiger charge is -2.23. The molecule has 1 atom stereocenters. The Balaban J connectivity index is 1.28. The van der Waals surface area contributed by atoms with Gasteiger partial charge in [0.05, 0.1) is 29.6 Å². The Hall–Kier alpha value is -3.60. The molecule has 0 radical (unpaired) electrons. The molecule has 0 bridgehead atoms. The van der Waals surface area contributed by atoms with Crippen LogP contribution in [-0.4, -0.2) is 64.2 Å². The Kier molecular flexibility index (Phi) is 7.82. The fourth-order valence-corrected chi connectivity index (χ4v) is 4.87. The second-order valence-electron chi connectivity index (χ2n) is 9.31. The molecule has 1 fully saturated rings. The van der Waals surface area contributed by atoms with Crippen LogP contribution in [0.1, 0.15) is 40.4 Å². The molecule has 1 saturated heterocycles. The summed E-state index contributed by atoms with van der Waals surface area (Å²) in [7, 11) is 0. The van der Waals surface area contributed by atoms with Crippen LogP contribution in [0.25, 0.3) is 11.3 Å². The lowest BCUT2D eigenvalue weighted by molar-refractivity contribution is -0.122. The molecule has 3 heterocycles. The van der Waals surface area contributed by atoms with E-state index < -0.39 is 24.4 Å². The highest BCUT2D eigenvalue weighted by molar-refractivity contribution is 6.33. The minimum Gasteiger partial charge on any atom is -0.394 e. The third-order valence-corrected chi connectivity index (χ3v) is 6.94. The lowest BCUT2D eigenvalue weighted by Crippen LogP contribution is -2.40. The van der Waals surface area contributed by atoms with Gasteiger partial charge in [0.25, 0.3) is 5.91 Å². The molecule has 0 saturated carbocycles. The zero-order valence-corrected chi connectivity index (χ0v) is 21.2. The second-order valence-corrected chi connectivity index (χ2v) is 9.72. The Morgan fingerprint density at radius 1 is 1.24 bits per heavy atom. The number of nitrogens with zero attached hydrogens (tertiary/aromatic N) is 3. The van der Waals surface area contributed by atoms with Gasteiger partial charge in [0.1, 0.15) is 12.4 Å². The topological polar surface area (TPSA) is 117 Å². The number of ether oxygens (including phenoxy) is 1. The first-order valence-electron chi connectivity index (χ1n) is 12.4. The number of anilines is 1. The highest BCUT2D eigenvalue weighted by Gasteiger charge is 2.30. The molecule has 198 valence electrons. The maximum absolute atomic E-state index is 13.6. The van der Waals surface area contributed by atoms with Crippen LogP contribution >= 0.6 is 11.6 Å². The molecule has 9 nitrogen and oxygen atoms in total. The van der Waals surface area contributed by atoms with Crippen molar-refractivity contribution >= 4 is 29.4 Å². The third kappa shape index (κ3) is 5.77. The average molecular weight is 540 g/mol. The summed E-state index contributed by atoms with van der Waals surface area (Å²) in [5.41, 5.74) is 2.85. The van der Waals surface area contributed by atoms with Crippen molar-refractivity contribution in [1.29, 1.82) is 0 Å². The molecule has 0 spiro atoms. The monoisotopic (exact) mass is 539 g/mol. The van der Waals surface area contributed by atoms with Gasteiger partial charge >= 0.3 is 0 Å². The van der Waals surface area contributed by atoms with Crippen molar-refractivity contribution in [3.8, 4) is 11.3 Å². The molecule has 0 aliphatic carbocycles. The number of carbonyl (C=O) groups is 2. The van der Waals surface area contributed by atoms with Crippen molar-refractivity contribution in [3.63, 3.8) is 0 Å². The van der Waals surface area contributed by atoms with Crippen molar-refractivity contribution < 1.29 is 23.8 Å². The van der Waals surface area contributed by atoms with Gasteiger partial charge in [-0.1, -0.05) is 35.9 Å². The summed E-state index contributed by atoms with van der Waals surface area (Å²) < 4.78 is 19.0. The number of carbonyl (C=O) groups excluding carboxylic acids is 2. The molecule has 2 aliphatic rings. The summed E-state index contributed by atoms with van der Waals surface area (Å²) in [6.45, 7) is 1.02. The standard InChI is InChI=1S/C27H27ClFN5O4/c28-22-12-30-27(31-20-6-8-38-9-7-20)33-25(22)17-4-5-18-13-34(26(37)21(18)11-17)14-24(36)32-23(15-35)16-2-1-3-19(29)10-16/h1-5,10-12,20,23,35H,6-9,13-15H2,(H,32,36)(H,30,31,33). The van der Waals surface area contributed by atoms with Gasteiger partial charge in [-0.05, 0) is 42.2 Å². The van der Waals surface area contributed by atoms with Crippen molar-refractivity contribution in [2.75, 3.05) is 31.7 Å². The molecule has 3 N–H and O–H groups in total. The van der Waals surface area contributed by atoms with Gasteiger partial charge in [-0.25, -0.2) is 14.4 Å². The van der Waals surface area contributed by atoms with E-state index in [-0.39, 0.29) is 25.0 Å². The number of nitrogens with one attached hydrogen (secondary N) is 2. The Morgan fingerprint density at radius 3 is 2.82 bits per heavy atom. The number of aliphatic hydroxyl groups is 1. The maximum Gasteiger partial charge on any atom is 0.254 e. The fraction of sp³-hybridized carbons (Fsp3) is 0.333. The number of benzene rings is 2. The Bertz CT molecular complexity index is 1350. The number of aromatic nitrogens is 2. The summed E-state index contributed by atoms with van der Waals surface area (Å²) in [6.07, 6.45) is 3.26. The molecular weight excluding hydrogens is 513 g/mol. The van der Waals surface area contributed by atoms with Gasteiger partial charge in [-0.2, -0.15) is 0 Å². The zero-order chi connectivity index (χ0) is 26.6.